The predicted octanol–water partition coefficient (Wildman–Crippen LogP) is 2.00. The maximum absolute atomic E-state index is 12.8. The van der Waals surface area contributed by atoms with Gasteiger partial charge in [-0.1, -0.05) is 6.07 Å². The van der Waals surface area contributed by atoms with Crippen molar-refractivity contribution in [3.8, 4) is 5.75 Å². The fraction of sp³-hybridized carbons (Fsp3) is 0.304. The van der Waals surface area contributed by atoms with Crippen molar-refractivity contribution in [1.82, 2.24) is 15.1 Å². The van der Waals surface area contributed by atoms with Crippen LogP contribution in [0.15, 0.2) is 40.4 Å². The molecule has 1 aromatic heterocycles. The number of benzene rings is 1. The normalized spacial score (nSPS) is 17.0. The Morgan fingerprint density at radius 2 is 1.94 bits per heavy atom. The molecule has 0 aliphatic carbocycles. The standard InChI is InChI=1S/C23H22IN3O8/c1-32-22(30)19-5-3-15(35-19)12-27-21(29)17(25-23(27)31)11-14-2-4-18(16(24)10-14)34-13-20(28)26-6-8-33-9-7-26/h2-5,10-11H,6-9,12-13H2,1H3,(H,25,31)/b17-11-. The average Bonchev–Trinajstić information content (AvgIpc) is 3.44. The van der Waals surface area contributed by atoms with E-state index >= 15 is 0 Å². The molecule has 3 heterocycles. The van der Waals surface area contributed by atoms with Gasteiger partial charge < -0.3 is 28.8 Å². The Hall–Kier alpha value is -3.39. The average molecular weight is 595 g/mol. The third-order valence-corrected chi connectivity index (χ3v) is 6.15. The van der Waals surface area contributed by atoms with E-state index in [1.165, 1.54) is 19.2 Å². The smallest absolute Gasteiger partial charge is 0.373 e. The number of carbonyl (C=O) groups is 4. The summed E-state index contributed by atoms with van der Waals surface area (Å²) in [5, 5.41) is 2.54. The quantitative estimate of drug-likeness (QED) is 0.223. The fourth-order valence-electron chi connectivity index (χ4n) is 3.48. The number of urea groups is 1. The van der Waals surface area contributed by atoms with Crippen LogP contribution in [0.25, 0.3) is 6.08 Å². The lowest BCUT2D eigenvalue weighted by atomic mass is 10.2. The van der Waals surface area contributed by atoms with Crippen molar-refractivity contribution in [2.75, 3.05) is 40.0 Å². The number of morpholine rings is 1. The summed E-state index contributed by atoms with van der Waals surface area (Å²) in [6.07, 6.45) is 1.55. The van der Waals surface area contributed by atoms with E-state index in [4.69, 9.17) is 13.9 Å². The molecule has 2 aliphatic heterocycles. The van der Waals surface area contributed by atoms with Crippen molar-refractivity contribution in [2.45, 2.75) is 6.54 Å². The van der Waals surface area contributed by atoms with Gasteiger partial charge in [-0.05, 0) is 58.5 Å². The molecule has 35 heavy (non-hydrogen) atoms. The first-order valence-corrected chi connectivity index (χ1v) is 11.7. The molecule has 1 N–H and O–H groups in total. The molecule has 4 rings (SSSR count). The highest BCUT2D eigenvalue weighted by Gasteiger charge is 2.34. The Morgan fingerprint density at radius 3 is 2.66 bits per heavy atom. The molecule has 184 valence electrons. The van der Waals surface area contributed by atoms with E-state index in [0.29, 0.717) is 37.6 Å². The molecule has 1 aromatic carbocycles. The van der Waals surface area contributed by atoms with Gasteiger partial charge in [-0.2, -0.15) is 0 Å². The lowest BCUT2D eigenvalue weighted by molar-refractivity contribution is -0.137. The first-order valence-electron chi connectivity index (χ1n) is 10.6. The number of rotatable bonds is 7. The number of imide groups is 1. The van der Waals surface area contributed by atoms with Gasteiger partial charge in [0.2, 0.25) is 5.76 Å². The van der Waals surface area contributed by atoms with Crippen molar-refractivity contribution in [3.05, 3.63) is 56.7 Å². The SMILES string of the molecule is COC(=O)c1ccc(CN2C(=O)N/C(=C\c3ccc(OCC(=O)N4CCOCC4)c(I)c3)C2=O)o1. The molecule has 2 aliphatic rings. The van der Waals surface area contributed by atoms with Gasteiger partial charge in [-0.15, -0.1) is 0 Å². The van der Waals surface area contributed by atoms with Gasteiger partial charge >= 0.3 is 12.0 Å². The summed E-state index contributed by atoms with van der Waals surface area (Å²) in [7, 11) is 1.23. The van der Waals surface area contributed by atoms with Crippen molar-refractivity contribution in [3.63, 3.8) is 0 Å². The molecular weight excluding hydrogens is 573 g/mol. The van der Waals surface area contributed by atoms with Crippen LogP contribution in [0.4, 0.5) is 4.79 Å². The molecule has 4 amide bonds. The lowest BCUT2D eigenvalue weighted by Crippen LogP contribution is -2.43. The Labute approximate surface area is 214 Å². The number of ether oxygens (including phenoxy) is 3. The predicted molar refractivity (Wildman–Crippen MR) is 129 cm³/mol. The third kappa shape index (κ3) is 5.82. The van der Waals surface area contributed by atoms with Crippen LogP contribution in [-0.4, -0.2) is 73.6 Å². The van der Waals surface area contributed by atoms with Gasteiger partial charge in [0.05, 0.1) is 30.4 Å². The number of hydrogen-bond donors (Lipinski definition) is 1. The highest BCUT2D eigenvalue weighted by molar-refractivity contribution is 14.1. The monoisotopic (exact) mass is 595 g/mol. The van der Waals surface area contributed by atoms with E-state index in [0.717, 1.165) is 8.47 Å². The number of methoxy groups -OCH3 is 1. The van der Waals surface area contributed by atoms with Crippen molar-refractivity contribution < 1.29 is 37.8 Å². The van der Waals surface area contributed by atoms with Crippen molar-refractivity contribution in [1.29, 1.82) is 0 Å². The first kappa shape index (κ1) is 24.7. The molecule has 2 saturated heterocycles. The Kier molecular flexibility index (Phi) is 7.70. The van der Waals surface area contributed by atoms with E-state index < -0.39 is 17.9 Å². The van der Waals surface area contributed by atoms with E-state index in [9.17, 15) is 19.2 Å². The zero-order chi connectivity index (χ0) is 24.9. The second-order valence-electron chi connectivity index (χ2n) is 7.61. The Morgan fingerprint density at radius 1 is 1.17 bits per heavy atom. The highest BCUT2D eigenvalue weighted by Crippen LogP contribution is 2.25. The van der Waals surface area contributed by atoms with Gasteiger partial charge in [0.15, 0.2) is 6.61 Å². The topological polar surface area (TPSA) is 128 Å². The number of hydrogen-bond acceptors (Lipinski definition) is 8. The fourth-order valence-corrected chi connectivity index (χ4v) is 4.17. The van der Waals surface area contributed by atoms with Crippen LogP contribution in [0.2, 0.25) is 0 Å². The summed E-state index contributed by atoms with van der Waals surface area (Å²) >= 11 is 2.08. The number of furan rings is 1. The molecule has 0 spiro atoms. The molecule has 0 radical (unpaired) electrons. The number of carbonyl (C=O) groups excluding carboxylic acids is 4. The number of esters is 1. The Bertz CT molecular complexity index is 1190. The molecule has 0 saturated carbocycles. The maximum atomic E-state index is 12.8. The van der Waals surface area contributed by atoms with Crippen LogP contribution >= 0.6 is 22.6 Å². The van der Waals surface area contributed by atoms with Crippen LogP contribution in [0.3, 0.4) is 0 Å². The van der Waals surface area contributed by atoms with Crippen LogP contribution < -0.4 is 10.1 Å². The van der Waals surface area contributed by atoms with Gasteiger partial charge in [-0.3, -0.25) is 14.5 Å². The molecule has 12 heteroatoms. The van der Waals surface area contributed by atoms with Crippen LogP contribution in [0.5, 0.6) is 5.75 Å². The molecular formula is C23H22IN3O8. The second-order valence-corrected chi connectivity index (χ2v) is 8.77. The van der Waals surface area contributed by atoms with Crippen LogP contribution in [-0.2, 0) is 25.6 Å². The minimum atomic E-state index is -0.651. The zero-order valence-corrected chi connectivity index (χ0v) is 20.9. The largest absolute Gasteiger partial charge is 0.483 e. The molecule has 2 aromatic rings. The summed E-state index contributed by atoms with van der Waals surface area (Å²) in [5.74, 6) is -0.507. The molecule has 0 atom stereocenters. The van der Waals surface area contributed by atoms with Gasteiger partial charge in [-0.25, -0.2) is 9.59 Å². The number of halogens is 1. The molecule has 11 nitrogen and oxygen atoms in total. The third-order valence-electron chi connectivity index (χ3n) is 5.31. The van der Waals surface area contributed by atoms with E-state index in [2.05, 4.69) is 32.6 Å². The number of amides is 4. The summed E-state index contributed by atoms with van der Waals surface area (Å²) in [6.45, 7) is 1.93. The lowest BCUT2D eigenvalue weighted by Gasteiger charge is -2.26. The maximum Gasteiger partial charge on any atom is 0.373 e. The van der Waals surface area contributed by atoms with Crippen LogP contribution in [0, 0.1) is 3.57 Å². The first-order chi connectivity index (χ1) is 16.9. The minimum Gasteiger partial charge on any atom is -0.483 e. The van der Waals surface area contributed by atoms with E-state index in [1.807, 2.05) is 0 Å². The van der Waals surface area contributed by atoms with Gasteiger partial charge in [0.1, 0.15) is 17.2 Å². The van der Waals surface area contributed by atoms with E-state index in [1.54, 1.807) is 29.2 Å². The van der Waals surface area contributed by atoms with Crippen molar-refractivity contribution >= 4 is 52.5 Å². The summed E-state index contributed by atoms with van der Waals surface area (Å²) in [6, 6.07) is 7.52. The minimum absolute atomic E-state index is 0.0196. The summed E-state index contributed by atoms with van der Waals surface area (Å²) in [5.41, 5.74) is 0.763. The van der Waals surface area contributed by atoms with Crippen LogP contribution in [0.1, 0.15) is 21.9 Å². The zero-order valence-electron chi connectivity index (χ0n) is 18.7. The Balaban J connectivity index is 1.39. The van der Waals surface area contributed by atoms with Gasteiger partial charge in [0, 0.05) is 13.1 Å². The summed E-state index contributed by atoms with van der Waals surface area (Å²) < 4.78 is 21.6. The number of nitrogens with one attached hydrogen (secondary N) is 1. The molecule has 0 bridgehead atoms. The number of nitrogens with zero attached hydrogens (tertiary/aromatic N) is 2. The highest BCUT2D eigenvalue weighted by atomic mass is 127. The van der Waals surface area contributed by atoms with Crippen molar-refractivity contribution in [2.24, 2.45) is 0 Å². The molecule has 0 unspecified atom stereocenters. The van der Waals surface area contributed by atoms with E-state index in [-0.39, 0.29) is 36.3 Å². The molecule has 2 fully saturated rings. The second kappa shape index (κ2) is 10.9. The van der Waals surface area contributed by atoms with Gasteiger partial charge in [0.25, 0.3) is 11.8 Å². The summed E-state index contributed by atoms with van der Waals surface area (Å²) in [4.78, 5) is 51.6.